The van der Waals surface area contributed by atoms with Crippen LogP contribution >= 0.6 is 0 Å². The van der Waals surface area contributed by atoms with Crippen LogP contribution in [0.15, 0.2) is 35.9 Å². The third kappa shape index (κ3) is 6.14. The summed E-state index contributed by atoms with van der Waals surface area (Å²) in [6, 6.07) is 7.95. The minimum absolute atomic E-state index is 0.117. The smallest absolute Gasteiger partial charge is 0.164 e. The summed E-state index contributed by atoms with van der Waals surface area (Å²) in [4.78, 5) is 0. The van der Waals surface area contributed by atoms with Crippen LogP contribution in [0.2, 0.25) is 0 Å². The highest BCUT2D eigenvalue weighted by atomic mass is 16.8. The van der Waals surface area contributed by atoms with Gasteiger partial charge in [-0.25, -0.2) is 0 Å². The summed E-state index contributed by atoms with van der Waals surface area (Å²) in [5.41, 5.74) is 2.22. The average molecular weight is 348 g/mol. The summed E-state index contributed by atoms with van der Waals surface area (Å²) in [6.45, 7) is 11.5. The molecule has 0 aromatic heterocycles. The van der Waals surface area contributed by atoms with Gasteiger partial charge in [0.1, 0.15) is 5.75 Å². The molecule has 1 aliphatic rings. The monoisotopic (exact) mass is 348 g/mol. The predicted octanol–water partition coefficient (Wildman–Crippen LogP) is 4.87. The molecule has 4 heteroatoms. The van der Waals surface area contributed by atoms with Crippen molar-refractivity contribution in [1.29, 1.82) is 0 Å². The number of benzene rings is 1. The van der Waals surface area contributed by atoms with E-state index in [4.69, 9.17) is 18.9 Å². The third-order valence-electron chi connectivity index (χ3n) is 4.49. The van der Waals surface area contributed by atoms with E-state index in [9.17, 15) is 0 Å². The Kier molecular flexibility index (Phi) is 6.66. The molecule has 0 aliphatic carbocycles. The van der Waals surface area contributed by atoms with Crippen LogP contribution in [-0.2, 0) is 20.8 Å². The zero-order valence-corrected chi connectivity index (χ0v) is 16.4. The number of allylic oxidation sites excluding steroid dienone is 1. The molecule has 2 rings (SSSR count). The van der Waals surface area contributed by atoms with Crippen LogP contribution in [0, 0.1) is 0 Å². The molecule has 1 heterocycles. The van der Waals surface area contributed by atoms with Crippen molar-refractivity contribution < 1.29 is 18.9 Å². The molecule has 1 aromatic carbocycles. The first-order chi connectivity index (χ1) is 11.7. The van der Waals surface area contributed by atoms with E-state index >= 15 is 0 Å². The van der Waals surface area contributed by atoms with Crippen LogP contribution in [0.4, 0.5) is 0 Å². The van der Waals surface area contributed by atoms with Crippen LogP contribution in [0.5, 0.6) is 5.75 Å². The number of hydrogen-bond acceptors (Lipinski definition) is 4. The van der Waals surface area contributed by atoms with Crippen LogP contribution < -0.4 is 4.74 Å². The predicted molar refractivity (Wildman–Crippen MR) is 99.8 cm³/mol. The molecule has 0 saturated carbocycles. The molecule has 140 valence electrons. The normalized spacial score (nSPS) is 22.2. The average Bonchev–Trinajstić information content (AvgIpc) is 2.77. The lowest BCUT2D eigenvalue weighted by Gasteiger charge is -2.24. The van der Waals surface area contributed by atoms with E-state index in [1.54, 1.807) is 7.11 Å². The number of rotatable bonds is 8. The van der Waals surface area contributed by atoms with Gasteiger partial charge in [-0.05, 0) is 65.2 Å². The van der Waals surface area contributed by atoms with Crippen molar-refractivity contribution in [2.75, 3.05) is 13.7 Å². The second-order valence-corrected chi connectivity index (χ2v) is 7.66. The molecule has 0 radical (unpaired) electrons. The van der Waals surface area contributed by atoms with E-state index in [0.29, 0.717) is 13.2 Å². The maximum atomic E-state index is 6.03. The van der Waals surface area contributed by atoms with E-state index in [-0.39, 0.29) is 11.7 Å². The van der Waals surface area contributed by atoms with E-state index in [1.807, 2.05) is 38.1 Å². The molecule has 1 atom stereocenters. The lowest BCUT2D eigenvalue weighted by Crippen LogP contribution is -2.33. The maximum absolute atomic E-state index is 6.03. The van der Waals surface area contributed by atoms with Gasteiger partial charge in [0.15, 0.2) is 5.79 Å². The van der Waals surface area contributed by atoms with Gasteiger partial charge in [0.2, 0.25) is 0 Å². The van der Waals surface area contributed by atoms with Gasteiger partial charge in [-0.3, -0.25) is 0 Å². The second kappa shape index (κ2) is 8.35. The fraction of sp³-hybridized carbons (Fsp3) is 0.619. The lowest BCUT2D eigenvalue weighted by atomic mass is 9.96. The molecular weight excluding hydrogens is 316 g/mol. The van der Waals surface area contributed by atoms with Gasteiger partial charge in [0.25, 0.3) is 0 Å². The Morgan fingerprint density at radius 2 is 1.84 bits per heavy atom. The molecule has 1 unspecified atom stereocenters. The zero-order chi connectivity index (χ0) is 18.5. The fourth-order valence-corrected chi connectivity index (χ4v) is 3.17. The van der Waals surface area contributed by atoms with Crippen molar-refractivity contribution in [2.24, 2.45) is 0 Å². The van der Waals surface area contributed by atoms with Gasteiger partial charge >= 0.3 is 0 Å². The molecule has 0 spiro atoms. The van der Waals surface area contributed by atoms with Crippen molar-refractivity contribution in [3.63, 3.8) is 0 Å². The maximum Gasteiger partial charge on any atom is 0.164 e. The highest BCUT2D eigenvalue weighted by Gasteiger charge is 2.46. The molecule has 4 nitrogen and oxygen atoms in total. The molecule has 0 bridgehead atoms. The number of hydrogen-bond donors (Lipinski definition) is 0. The summed E-state index contributed by atoms with van der Waals surface area (Å²) >= 11 is 0. The first-order valence-electron chi connectivity index (χ1n) is 8.96. The molecule has 1 aliphatic heterocycles. The molecule has 1 fully saturated rings. The minimum Gasteiger partial charge on any atom is -0.497 e. The Labute approximate surface area is 152 Å². The SMILES string of the molecule is COc1ccc(COC/C=C(\C)CCC2OC(C)(C)OC2(C)C)cc1. The van der Waals surface area contributed by atoms with Crippen molar-refractivity contribution in [3.8, 4) is 5.75 Å². The van der Waals surface area contributed by atoms with Crippen molar-refractivity contribution in [1.82, 2.24) is 0 Å². The van der Waals surface area contributed by atoms with Crippen LogP contribution in [-0.4, -0.2) is 31.2 Å². The van der Waals surface area contributed by atoms with E-state index in [2.05, 4.69) is 26.8 Å². The third-order valence-corrected chi connectivity index (χ3v) is 4.49. The lowest BCUT2D eigenvalue weighted by molar-refractivity contribution is -0.157. The van der Waals surface area contributed by atoms with E-state index in [1.165, 1.54) is 5.57 Å². The quantitative estimate of drug-likeness (QED) is 0.496. The number of ether oxygens (including phenoxy) is 4. The highest BCUT2D eigenvalue weighted by molar-refractivity contribution is 5.26. The minimum atomic E-state index is -0.493. The highest BCUT2D eigenvalue weighted by Crippen LogP contribution is 2.38. The summed E-state index contributed by atoms with van der Waals surface area (Å²) in [6.07, 6.45) is 4.21. The Morgan fingerprint density at radius 1 is 1.16 bits per heavy atom. The summed E-state index contributed by atoms with van der Waals surface area (Å²) in [5, 5.41) is 0. The molecule has 1 saturated heterocycles. The van der Waals surface area contributed by atoms with Gasteiger partial charge in [0.05, 0.1) is 32.0 Å². The Balaban J connectivity index is 1.71. The van der Waals surface area contributed by atoms with Gasteiger partial charge in [-0.2, -0.15) is 0 Å². The molecular formula is C21H32O4. The largest absolute Gasteiger partial charge is 0.497 e. The van der Waals surface area contributed by atoms with Gasteiger partial charge in [-0.15, -0.1) is 0 Å². The van der Waals surface area contributed by atoms with Gasteiger partial charge < -0.3 is 18.9 Å². The first-order valence-corrected chi connectivity index (χ1v) is 8.96. The van der Waals surface area contributed by atoms with Crippen molar-refractivity contribution in [3.05, 3.63) is 41.5 Å². The fourth-order valence-electron chi connectivity index (χ4n) is 3.17. The first kappa shape index (κ1) is 20.0. The van der Waals surface area contributed by atoms with Crippen molar-refractivity contribution >= 4 is 0 Å². The second-order valence-electron chi connectivity index (χ2n) is 7.66. The van der Waals surface area contributed by atoms with E-state index in [0.717, 1.165) is 24.2 Å². The Bertz CT molecular complexity index is 572. The van der Waals surface area contributed by atoms with Gasteiger partial charge in [-0.1, -0.05) is 23.8 Å². The van der Waals surface area contributed by atoms with Crippen LogP contribution in [0.25, 0.3) is 0 Å². The molecule has 0 amide bonds. The standard InChI is InChI=1S/C21H32O4/c1-16(7-12-19-20(2,3)25-21(4,5)24-19)13-14-23-15-17-8-10-18(22-6)11-9-17/h8-11,13,19H,7,12,14-15H2,1-6H3/b16-13+. The Hall–Kier alpha value is -1.36. The summed E-state index contributed by atoms with van der Waals surface area (Å²) < 4.78 is 22.9. The summed E-state index contributed by atoms with van der Waals surface area (Å²) in [7, 11) is 1.67. The van der Waals surface area contributed by atoms with Crippen LogP contribution in [0.3, 0.4) is 0 Å². The molecule has 0 N–H and O–H groups in total. The zero-order valence-electron chi connectivity index (χ0n) is 16.4. The molecule has 25 heavy (non-hydrogen) atoms. The van der Waals surface area contributed by atoms with Gasteiger partial charge in [0, 0.05) is 0 Å². The molecule has 1 aromatic rings. The van der Waals surface area contributed by atoms with Crippen molar-refractivity contribution in [2.45, 2.75) is 71.6 Å². The van der Waals surface area contributed by atoms with Crippen LogP contribution in [0.1, 0.15) is 53.0 Å². The van der Waals surface area contributed by atoms with E-state index < -0.39 is 5.79 Å². The topological polar surface area (TPSA) is 36.9 Å². The summed E-state index contributed by atoms with van der Waals surface area (Å²) in [5.74, 6) is 0.372. The Morgan fingerprint density at radius 3 is 2.40 bits per heavy atom. The number of methoxy groups -OCH3 is 1.